The molecule has 0 fully saturated rings. The third kappa shape index (κ3) is 5.93. The normalized spacial score (nSPS) is 15.3. The first-order valence-electron chi connectivity index (χ1n) is 21.1. The smallest absolute Gasteiger partial charge is 0.159 e. The van der Waals surface area contributed by atoms with E-state index in [9.17, 15) is 0 Å². The van der Waals surface area contributed by atoms with Crippen LogP contribution in [0.2, 0.25) is 0 Å². The zero-order valence-electron chi connectivity index (χ0n) is 33.7. The summed E-state index contributed by atoms with van der Waals surface area (Å²) in [6, 6.07) is 68.2. The molecule has 0 spiro atoms. The van der Waals surface area contributed by atoms with Crippen LogP contribution in [0.1, 0.15) is 60.7 Å². The van der Waals surface area contributed by atoms with Gasteiger partial charge in [0.25, 0.3) is 0 Å². The molecule has 0 saturated carbocycles. The number of hydrogen-bond acceptors (Lipinski definition) is 4. The number of fused-ring (bicyclic) bond motifs is 6. The monoisotopic (exact) mass is 789 g/mol. The van der Waals surface area contributed by atoms with Gasteiger partial charge in [-0.25, -0.2) is 9.98 Å². The molecule has 0 amide bonds. The van der Waals surface area contributed by atoms with Crippen LogP contribution in [-0.4, -0.2) is 11.7 Å². The fourth-order valence-electron chi connectivity index (χ4n) is 9.78. The van der Waals surface area contributed by atoms with E-state index in [0.29, 0.717) is 5.84 Å². The molecule has 8 aromatic carbocycles. The maximum Gasteiger partial charge on any atom is 0.159 e. The Kier molecular flexibility index (Phi) is 8.90. The van der Waals surface area contributed by atoms with Crippen LogP contribution in [-0.2, 0) is 5.41 Å². The first-order valence-corrected chi connectivity index (χ1v) is 21.9. The zero-order chi connectivity index (χ0) is 40.2. The summed E-state index contributed by atoms with van der Waals surface area (Å²) in [5.74, 6) is 1.52. The van der Waals surface area contributed by atoms with Crippen molar-refractivity contribution in [2.75, 3.05) is 0 Å². The minimum atomic E-state index is -0.343. The Morgan fingerprint density at radius 1 is 0.483 bits per heavy atom. The van der Waals surface area contributed by atoms with E-state index >= 15 is 0 Å². The van der Waals surface area contributed by atoms with Crippen LogP contribution < -0.4 is 5.32 Å². The van der Waals surface area contributed by atoms with Gasteiger partial charge in [-0.05, 0) is 92.7 Å². The molecule has 288 valence electrons. The van der Waals surface area contributed by atoms with Crippen LogP contribution in [0.25, 0.3) is 64.7 Å². The minimum Gasteiger partial charge on any atom is -0.344 e. The van der Waals surface area contributed by atoms with Crippen molar-refractivity contribution in [2.24, 2.45) is 9.98 Å². The Labute approximate surface area is 355 Å². The zero-order valence-corrected chi connectivity index (χ0v) is 34.5. The van der Waals surface area contributed by atoms with E-state index in [1.165, 1.54) is 53.6 Å². The summed E-state index contributed by atoms with van der Waals surface area (Å²) in [4.78, 5) is 10.8. The Morgan fingerprint density at radius 3 is 1.85 bits per heavy atom. The summed E-state index contributed by atoms with van der Waals surface area (Å²) in [6.07, 6.45) is 1.81. The van der Waals surface area contributed by atoms with Crippen molar-refractivity contribution in [2.45, 2.75) is 38.3 Å². The molecule has 1 aromatic heterocycles. The van der Waals surface area contributed by atoms with Gasteiger partial charge in [-0.1, -0.05) is 178 Å². The van der Waals surface area contributed by atoms with Gasteiger partial charge in [0.05, 0.1) is 0 Å². The summed E-state index contributed by atoms with van der Waals surface area (Å²) >= 11 is 1.83. The lowest BCUT2D eigenvalue weighted by Gasteiger charge is -2.30. The van der Waals surface area contributed by atoms with Crippen molar-refractivity contribution in [3.05, 3.63) is 216 Å². The molecule has 0 bridgehead atoms. The Balaban J connectivity index is 1.01. The number of hydrogen-bond donors (Lipinski definition) is 1. The molecule has 3 nitrogen and oxygen atoms in total. The summed E-state index contributed by atoms with van der Waals surface area (Å²) in [6.45, 7) is 4.67. The van der Waals surface area contributed by atoms with Crippen molar-refractivity contribution < 1.29 is 0 Å². The van der Waals surface area contributed by atoms with Gasteiger partial charge in [-0.3, -0.25) is 0 Å². The van der Waals surface area contributed by atoms with Gasteiger partial charge in [-0.15, -0.1) is 11.3 Å². The summed E-state index contributed by atoms with van der Waals surface area (Å²) in [5, 5.41) is 6.34. The van der Waals surface area contributed by atoms with E-state index in [0.717, 1.165) is 57.6 Å². The van der Waals surface area contributed by atoms with E-state index in [1.54, 1.807) is 0 Å². The van der Waals surface area contributed by atoms with E-state index < -0.39 is 0 Å². The highest BCUT2D eigenvalue weighted by Gasteiger charge is 2.40. The molecular weight excluding hydrogens is 747 g/mol. The second-order valence-electron chi connectivity index (χ2n) is 16.0. The third-order valence-electron chi connectivity index (χ3n) is 12.9. The van der Waals surface area contributed by atoms with E-state index in [2.05, 4.69) is 207 Å². The average molecular weight is 790 g/mol. The topological polar surface area (TPSA) is 36.8 Å². The fourth-order valence-corrected chi connectivity index (χ4v) is 11.0. The molecule has 1 unspecified atom stereocenters. The second kappa shape index (κ2) is 14.7. The first kappa shape index (κ1) is 36.2. The molecule has 1 aliphatic heterocycles. The number of nitrogens with one attached hydrogen (secondary N) is 1. The molecule has 2 heterocycles. The molecule has 2 aliphatic rings. The maximum absolute atomic E-state index is 5.43. The lowest BCUT2D eigenvalue weighted by atomic mass is 9.73. The number of aliphatic imine (C=N–C) groups is 2. The summed E-state index contributed by atoms with van der Waals surface area (Å²) < 4.78 is 2.52. The molecule has 0 saturated heterocycles. The standard InChI is InChI=1S/C56H43N3S/c1-3-56(4-2)49-29-12-10-24-43(49)44-32-31-40(35-50(44)56)38-20-14-19-37(33-38)39-21-15-22-41(34-39)53-57-54(47-26-9-8-23-42(47)36-17-6-5-7-18-36)59-55(58-53)48-28-16-27-46-45-25-11-13-30-51(45)60-52(46)48/h5-35,55H,3-4H2,1-2H3,(H,57,58,59). The molecule has 4 heteroatoms. The van der Waals surface area contributed by atoms with Crippen molar-refractivity contribution in [1.82, 2.24) is 5.32 Å². The molecule has 1 atom stereocenters. The maximum atomic E-state index is 5.43. The highest BCUT2D eigenvalue weighted by molar-refractivity contribution is 7.26. The molecule has 0 radical (unpaired) electrons. The van der Waals surface area contributed by atoms with Crippen molar-refractivity contribution in [3.63, 3.8) is 0 Å². The van der Waals surface area contributed by atoms with E-state index in [4.69, 9.17) is 9.98 Å². The first-order chi connectivity index (χ1) is 29.6. The molecule has 11 rings (SSSR count). The predicted octanol–water partition coefficient (Wildman–Crippen LogP) is 14.6. The number of rotatable bonds is 8. The third-order valence-corrected chi connectivity index (χ3v) is 14.1. The molecular formula is C56H43N3S. The summed E-state index contributed by atoms with van der Waals surface area (Å²) in [5.41, 5.74) is 15.9. The number of benzene rings is 8. The van der Waals surface area contributed by atoms with Crippen LogP contribution >= 0.6 is 11.3 Å². The Hall–Kier alpha value is -6.88. The summed E-state index contributed by atoms with van der Waals surface area (Å²) in [7, 11) is 0. The van der Waals surface area contributed by atoms with E-state index in [1.807, 2.05) is 11.3 Å². The molecule has 1 aliphatic carbocycles. The van der Waals surface area contributed by atoms with Crippen molar-refractivity contribution >= 4 is 43.2 Å². The molecule has 1 N–H and O–H groups in total. The quantitative estimate of drug-likeness (QED) is 0.164. The molecule has 9 aromatic rings. The van der Waals surface area contributed by atoms with Crippen LogP contribution in [0, 0.1) is 0 Å². The Bertz CT molecular complexity index is 3170. The lowest BCUT2D eigenvalue weighted by Crippen LogP contribution is -2.34. The van der Waals surface area contributed by atoms with Crippen LogP contribution in [0.5, 0.6) is 0 Å². The van der Waals surface area contributed by atoms with Gasteiger partial charge >= 0.3 is 0 Å². The van der Waals surface area contributed by atoms with E-state index in [-0.39, 0.29) is 11.6 Å². The lowest BCUT2D eigenvalue weighted by molar-refractivity contribution is 0.490. The fraction of sp³-hybridized carbons (Fsp3) is 0.107. The van der Waals surface area contributed by atoms with Crippen molar-refractivity contribution in [3.8, 4) is 44.5 Å². The second-order valence-corrected chi connectivity index (χ2v) is 17.0. The van der Waals surface area contributed by atoms with Gasteiger partial charge in [0.1, 0.15) is 12.0 Å². The highest BCUT2D eigenvalue weighted by Crippen LogP contribution is 2.53. The SMILES string of the molecule is CCC1(CC)c2ccccc2-c2ccc(-c3cccc(-c4cccc(C5=NC(c6cccc7c6sc6ccccc67)NC(c6ccccc6-c6ccccc6)=N5)c4)c3)cc21. The average Bonchev–Trinajstić information content (AvgIpc) is 3.85. The van der Waals surface area contributed by atoms with Gasteiger partial charge in [0.15, 0.2) is 5.84 Å². The Morgan fingerprint density at radius 2 is 1.07 bits per heavy atom. The molecule has 60 heavy (non-hydrogen) atoms. The van der Waals surface area contributed by atoms with Crippen LogP contribution in [0.15, 0.2) is 198 Å². The number of thiophene rings is 1. The van der Waals surface area contributed by atoms with Gasteiger partial charge in [0.2, 0.25) is 0 Å². The van der Waals surface area contributed by atoms with Crippen LogP contribution in [0.3, 0.4) is 0 Å². The number of nitrogens with zero attached hydrogens (tertiary/aromatic N) is 2. The van der Waals surface area contributed by atoms with Gasteiger partial charge in [0, 0.05) is 42.3 Å². The van der Waals surface area contributed by atoms with Crippen molar-refractivity contribution in [1.29, 1.82) is 0 Å². The van der Waals surface area contributed by atoms with Gasteiger partial charge < -0.3 is 5.32 Å². The predicted molar refractivity (Wildman–Crippen MR) is 254 cm³/mol. The van der Waals surface area contributed by atoms with Gasteiger partial charge in [-0.2, -0.15) is 0 Å². The largest absolute Gasteiger partial charge is 0.344 e. The highest BCUT2D eigenvalue weighted by atomic mass is 32.1. The minimum absolute atomic E-state index is 0.0325. The van der Waals surface area contributed by atoms with Crippen LogP contribution in [0.4, 0.5) is 0 Å². The number of amidine groups is 2.